The lowest BCUT2D eigenvalue weighted by Gasteiger charge is -2.19. The summed E-state index contributed by atoms with van der Waals surface area (Å²) in [7, 11) is 1.75. The van der Waals surface area contributed by atoms with E-state index in [-0.39, 0.29) is 5.91 Å². The molecule has 24 heavy (non-hydrogen) atoms. The van der Waals surface area contributed by atoms with Crippen LogP contribution in [-0.2, 0) is 6.54 Å². The maximum absolute atomic E-state index is 12.7. The maximum Gasteiger partial charge on any atom is 0.267 e. The van der Waals surface area contributed by atoms with E-state index in [9.17, 15) is 4.79 Å². The molecule has 0 radical (unpaired) electrons. The Bertz CT molecular complexity index is 909. The minimum absolute atomic E-state index is 0.110. The van der Waals surface area contributed by atoms with Crippen LogP contribution < -0.4 is 9.47 Å². The molecule has 6 nitrogen and oxygen atoms in total. The van der Waals surface area contributed by atoms with Crippen LogP contribution in [0.4, 0.5) is 0 Å². The molecule has 0 fully saturated rings. The van der Waals surface area contributed by atoms with Crippen molar-refractivity contribution in [1.82, 2.24) is 14.9 Å². The highest BCUT2D eigenvalue weighted by Crippen LogP contribution is 2.39. The van der Waals surface area contributed by atoms with E-state index in [2.05, 4.69) is 9.97 Å². The van der Waals surface area contributed by atoms with Crippen LogP contribution in [0.25, 0.3) is 11.0 Å². The first-order valence-corrected chi connectivity index (χ1v) is 8.43. The minimum atomic E-state index is -0.110. The normalized spacial score (nSPS) is 13.0. The van der Waals surface area contributed by atoms with Gasteiger partial charge >= 0.3 is 0 Å². The number of carbonyl (C=O) groups excluding carboxylic acids is 1. The predicted octanol–water partition coefficient (Wildman–Crippen LogP) is 2.73. The van der Waals surface area contributed by atoms with Crippen molar-refractivity contribution in [2.75, 3.05) is 20.3 Å². The molecule has 0 N–H and O–H groups in total. The van der Waals surface area contributed by atoms with E-state index in [1.807, 2.05) is 29.6 Å². The molecular formula is C17H15N3O3S. The standard InChI is InChI=1S/C17H15N3O3S/c1-20(9-11-8-18-12-4-2-3-5-13(12)19-11)17(21)16-15-14(10-24-16)22-6-7-23-15/h2-5,8,10H,6-7,9H2,1H3. The van der Waals surface area contributed by atoms with Crippen molar-refractivity contribution in [2.24, 2.45) is 0 Å². The quantitative estimate of drug-likeness (QED) is 0.733. The fourth-order valence-corrected chi connectivity index (χ4v) is 3.49. The lowest BCUT2D eigenvalue weighted by Crippen LogP contribution is -2.27. The van der Waals surface area contributed by atoms with Crippen LogP contribution in [0.15, 0.2) is 35.8 Å². The Labute approximate surface area is 142 Å². The number of thiophene rings is 1. The topological polar surface area (TPSA) is 64.6 Å². The maximum atomic E-state index is 12.7. The zero-order valence-electron chi connectivity index (χ0n) is 13.1. The molecule has 0 atom stereocenters. The van der Waals surface area contributed by atoms with E-state index < -0.39 is 0 Å². The van der Waals surface area contributed by atoms with E-state index in [1.165, 1.54) is 11.3 Å². The van der Waals surface area contributed by atoms with Crippen LogP contribution >= 0.6 is 11.3 Å². The SMILES string of the molecule is CN(Cc1cnc2ccccc2n1)C(=O)c1scc2c1OCCO2. The summed E-state index contributed by atoms with van der Waals surface area (Å²) >= 11 is 1.34. The highest BCUT2D eigenvalue weighted by Gasteiger charge is 2.25. The smallest absolute Gasteiger partial charge is 0.267 e. The summed E-state index contributed by atoms with van der Waals surface area (Å²) in [6.07, 6.45) is 1.70. The molecule has 4 rings (SSSR count). The number of amides is 1. The molecule has 1 aromatic carbocycles. The molecule has 0 bridgehead atoms. The molecule has 0 saturated heterocycles. The molecule has 1 amide bonds. The molecule has 2 aromatic heterocycles. The van der Waals surface area contributed by atoms with Crippen LogP contribution in [0.2, 0.25) is 0 Å². The number of benzene rings is 1. The highest BCUT2D eigenvalue weighted by molar-refractivity contribution is 7.12. The van der Waals surface area contributed by atoms with Gasteiger partial charge in [-0.3, -0.25) is 9.78 Å². The van der Waals surface area contributed by atoms with Crippen molar-refractivity contribution in [3.8, 4) is 11.5 Å². The van der Waals surface area contributed by atoms with Gasteiger partial charge in [-0.05, 0) is 12.1 Å². The fraction of sp³-hybridized carbons (Fsp3) is 0.235. The predicted molar refractivity (Wildman–Crippen MR) is 90.6 cm³/mol. The van der Waals surface area contributed by atoms with Gasteiger partial charge in [0.15, 0.2) is 11.5 Å². The van der Waals surface area contributed by atoms with Gasteiger partial charge < -0.3 is 14.4 Å². The molecule has 1 aliphatic heterocycles. The molecule has 0 saturated carbocycles. The number of hydrogen-bond donors (Lipinski definition) is 0. The summed E-state index contributed by atoms with van der Waals surface area (Å²) in [6, 6.07) is 7.67. The second kappa shape index (κ2) is 6.09. The third-order valence-electron chi connectivity index (χ3n) is 3.74. The molecule has 0 aliphatic carbocycles. The van der Waals surface area contributed by atoms with Crippen LogP contribution in [0.3, 0.4) is 0 Å². The molecule has 3 aromatic rings. The van der Waals surface area contributed by atoms with Crippen LogP contribution in [0.5, 0.6) is 11.5 Å². The zero-order chi connectivity index (χ0) is 16.5. The summed E-state index contributed by atoms with van der Waals surface area (Å²) in [5.41, 5.74) is 2.40. The van der Waals surface area contributed by atoms with Gasteiger partial charge in [-0.1, -0.05) is 12.1 Å². The molecule has 7 heteroatoms. The molecule has 0 unspecified atom stereocenters. The first kappa shape index (κ1) is 14.9. The average molecular weight is 341 g/mol. The third-order valence-corrected chi connectivity index (χ3v) is 4.67. The molecular weight excluding hydrogens is 326 g/mol. The van der Waals surface area contributed by atoms with Gasteiger partial charge in [0, 0.05) is 12.4 Å². The first-order chi connectivity index (χ1) is 11.7. The van der Waals surface area contributed by atoms with Gasteiger partial charge in [-0.15, -0.1) is 11.3 Å². The van der Waals surface area contributed by atoms with E-state index in [0.717, 1.165) is 16.7 Å². The van der Waals surface area contributed by atoms with Crippen LogP contribution in [0.1, 0.15) is 15.4 Å². The fourth-order valence-electron chi connectivity index (χ4n) is 2.57. The lowest BCUT2D eigenvalue weighted by atomic mass is 10.3. The van der Waals surface area contributed by atoms with E-state index >= 15 is 0 Å². The second-order valence-electron chi connectivity index (χ2n) is 5.47. The minimum Gasteiger partial charge on any atom is -0.485 e. The number of para-hydroxylation sites is 2. The third kappa shape index (κ3) is 2.67. The van der Waals surface area contributed by atoms with Crippen molar-refractivity contribution in [3.63, 3.8) is 0 Å². The first-order valence-electron chi connectivity index (χ1n) is 7.55. The summed E-state index contributed by atoms with van der Waals surface area (Å²) in [4.78, 5) is 23.8. The lowest BCUT2D eigenvalue weighted by molar-refractivity contribution is 0.0779. The molecule has 122 valence electrons. The largest absolute Gasteiger partial charge is 0.485 e. The highest BCUT2D eigenvalue weighted by atomic mass is 32.1. The van der Waals surface area contributed by atoms with E-state index in [0.29, 0.717) is 36.1 Å². The Morgan fingerprint density at radius 1 is 1.25 bits per heavy atom. The number of carbonyl (C=O) groups is 1. The van der Waals surface area contributed by atoms with Crippen molar-refractivity contribution < 1.29 is 14.3 Å². The van der Waals surface area contributed by atoms with Gasteiger partial charge in [-0.2, -0.15) is 0 Å². The van der Waals surface area contributed by atoms with Crippen molar-refractivity contribution in [1.29, 1.82) is 0 Å². The Morgan fingerprint density at radius 3 is 2.92 bits per heavy atom. The zero-order valence-corrected chi connectivity index (χ0v) is 13.9. The van der Waals surface area contributed by atoms with Crippen molar-refractivity contribution in [2.45, 2.75) is 6.54 Å². The number of aromatic nitrogens is 2. The summed E-state index contributed by atoms with van der Waals surface area (Å²) < 4.78 is 11.1. The number of fused-ring (bicyclic) bond motifs is 2. The van der Waals surface area contributed by atoms with Gasteiger partial charge in [0.05, 0.1) is 29.5 Å². The number of ether oxygens (including phenoxy) is 2. The van der Waals surface area contributed by atoms with Crippen LogP contribution in [0, 0.1) is 0 Å². The molecule has 3 heterocycles. The Morgan fingerprint density at radius 2 is 2.04 bits per heavy atom. The van der Waals surface area contributed by atoms with Crippen LogP contribution in [-0.4, -0.2) is 41.0 Å². The van der Waals surface area contributed by atoms with Crippen molar-refractivity contribution >= 4 is 28.3 Å². The number of rotatable bonds is 3. The summed E-state index contributed by atoms with van der Waals surface area (Å²) in [6.45, 7) is 1.36. The number of nitrogens with zero attached hydrogens (tertiary/aromatic N) is 3. The average Bonchev–Trinajstić information content (AvgIpc) is 3.05. The molecule has 0 spiro atoms. The summed E-state index contributed by atoms with van der Waals surface area (Å²) in [5.74, 6) is 1.09. The van der Waals surface area contributed by atoms with E-state index in [1.54, 1.807) is 18.1 Å². The van der Waals surface area contributed by atoms with Gasteiger partial charge in [0.1, 0.15) is 18.1 Å². The van der Waals surface area contributed by atoms with Gasteiger partial charge in [0.25, 0.3) is 5.91 Å². The molecule has 1 aliphatic rings. The monoisotopic (exact) mass is 341 g/mol. The second-order valence-corrected chi connectivity index (χ2v) is 6.35. The summed E-state index contributed by atoms with van der Waals surface area (Å²) in [5, 5.41) is 1.81. The van der Waals surface area contributed by atoms with E-state index in [4.69, 9.17) is 9.47 Å². The van der Waals surface area contributed by atoms with Gasteiger partial charge in [0.2, 0.25) is 0 Å². The van der Waals surface area contributed by atoms with Crippen molar-refractivity contribution in [3.05, 3.63) is 46.4 Å². The Hall–Kier alpha value is -2.67. The Balaban J connectivity index is 1.55. The number of hydrogen-bond acceptors (Lipinski definition) is 6. The Kier molecular flexibility index (Phi) is 3.78. The van der Waals surface area contributed by atoms with Gasteiger partial charge in [-0.25, -0.2) is 4.98 Å².